The van der Waals surface area contributed by atoms with Gasteiger partial charge in [-0.1, -0.05) is 140 Å². The van der Waals surface area contributed by atoms with Crippen LogP contribution in [0.4, 0.5) is 0 Å². The standard InChI is InChI=1S/C49H47B2N3O4/c1-46(2)47(3,4)56-50(55-46)38-29-37(30-39(31-38)51-57-48(5,6)49(7,8)58-51)41-28-27-32-17-15-16-22-40(32)42(41)33-23-25-36(26-24-33)45-53-43(34-18-11-9-12-19-34)52-44(54-45)35-20-13-10-14-21-35/h9-31H,1-8H3. The van der Waals surface area contributed by atoms with Gasteiger partial charge in [0.25, 0.3) is 0 Å². The van der Waals surface area contributed by atoms with Crippen LogP contribution in [0, 0.1) is 0 Å². The molecule has 2 saturated heterocycles. The molecule has 3 heterocycles. The Hall–Kier alpha value is -5.44. The van der Waals surface area contributed by atoms with E-state index in [2.05, 4.69) is 134 Å². The first-order valence-electron chi connectivity index (χ1n) is 20.0. The Morgan fingerprint density at radius 3 is 1.24 bits per heavy atom. The molecule has 58 heavy (non-hydrogen) atoms. The first-order chi connectivity index (χ1) is 27.7. The van der Waals surface area contributed by atoms with E-state index < -0.39 is 36.6 Å². The third-order valence-electron chi connectivity index (χ3n) is 12.4. The minimum atomic E-state index is -0.573. The molecule has 0 radical (unpaired) electrons. The van der Waals surface area contributed by atoms with Gasteiger partial charge in [0.2, 0.25) is 0 Å². The Kier molecular flexibility index (Phi) is 9.29. The Balaban J connectivity index is 1.18. The number of aromatic nitrogens is 3. The van der Waals surface area contributed by atoms with Crippen LogP contribution < -0.4 is 10.9 Å². The highest BCUT2D eigenvalue weighted by Gasteiger charge is 2.54. The minimum Gasteiger partial charge on any atom is -0.399 e. The van der Waals surface area contributed by atoms with Gasteiger partial charge in [-0.05, 0) is 99.3 Å². The molecule has 2 aliphatic heterocycles. The summed E-state index contributed by atoms with van der Waals surface area (Å²) in [6.07, 6.45) is 0. The van der Waals surface area contributed by atoms with E-state index in [-0.39, 0.29) is 0 Å². The molecule has 2 fully saturated rings. The predicted octanol–water partition coefficient (Wildman–Crippen LogP) is 9.96. The molecule has 9 heteroatoms. The summed E-state index contributed by atoms with van der Waals surface area (Å²) < 4.78 is 26.5. The van der Waals surface area contributed by atoms with Crippen molar-refractivity contribution in [1.29, 1.82) is 0 Å². The van der Waals surface area contributed by atoms with Crippen molar-refractivity contribution in [3.63, 3.8) is 0 Å². The van der Waals surface area contributed by atoms with Crippen molar-refractivity contribution in [3.05, 3.63) is 140 Å². The van der Waals surface area contributed by atoms with Crippen LogP contribution in [0.3, 0.4) is 0 Å². The smallest absolute Gasteiger partial charge is 0.399 e. The molecule has 0 atom stereocenters. The molecule has 0 spiro atoms. The van der Waals surface area contributed by atoms with Crippen molar-refractivity contribution in [2.45, 2.75) is 77.8 Å². The van der Waals surface area contributed by atoms with E-state index in [1.54, 1.807) is 0 Å². The normalized spacial score (nSPS) is 17.9. The highest BCUT2D eigenvalue weighted by Crippen LogP contribution is 2.41. The summed E-state index contributed by atoms with van der Waals surface area (Å²) in [6.45, 7) is 16.7. The molecule has 7 nitrogen and oxygen atoms in total. The quantitative estimate of drug-likeness (QED) is 0.150. The van der Waals surface area contributed by atoms with E-state index in [4.69, 9.17) is 33.6 Å². The van der Waals surface area contributed by atoms with Crippen molar-refractivity contribution in [3.8, 4) is 56.4 Å². The fourth-order valence-electron chi connectivity index (χ4n) is 7.61. The second-order valence-electron chi connectivity index (χ2n) is 17.4. The number of nitrogens with zero attached hydrogens (tertiary/aromatic N) is 3. The molecule has 6 aromatic carbocycles. The van der Waals surface area contributed by atoms with Crippen LogP contribution in [0.15, 0.2) is 140 Å². The zero-order chi connectivity index (χ0) is 40.5. The Morgan fingerprint density at radius 2 is 0.776 bits per heavy atom. The number of hydrogen-bond acceptors (Lipinski definition) is 7. The molecule has 0 unspecified atom stereocenters. The van der Waals surface area contributed by atoms with Gasteiger partial charge in [0.05, 0.1) is 22.4 Å². The van der Waals surface area contributed by atoms with E-state index in [0.717, 1.165) is 60.6 Å². The highest BCUT2D eigenvalue weighted by molar-refractivity contribution is 6.66. The van der Waals surface area contributed by atoms with Crippen LogP contribution in [0.2, 0.25) is 0 Å². The average Bonchev–Trinajstić information content (AvgIpc) is 3.60. The SMILES string of the molecule is CC1(C)OB(c2cc(B3OC(C)(C)C(C)(C)O3)cc(-c3ccc4ccccc4c3-c3ccc(-c4nc(-c5ccccc5)nc(-c5ccccc5)n4)cc3)c2)OC1(C)C. The van der Waals surface area contributed by atoms with Gasteiger partial charge in [0, 0.05) is 16.7 Å². The van der Waals surface area contributed by atoms with Gasteiger partial charge < -0.3 is 18.6 Å². The van der Waals surface area contributed by atoms with E-state index in [9.17, 15) is 0 Å². The fraction of sp³-hybridized carbons (Fsp3) is 0.245. The first-order valence-corrected chi connectivity index (χ1v) is 20.0. The summed E-state index contributed by atoms with van der Waals surface area (Å²) in [5.74, 6) is 1.87. The summed E-state index contributed by atoms with van der Waals surface area (Å²) in [5.41, 5.74) is 6.83. The monoisotopic (exact) mass is 763 g/mol. The van der Waals surface area contributed by atoms with Crippen LogP contribution in [0.25, 0.3) is 67.2 Å². The van der Waals surface area contributed by atoms with Crippen molar-refractivity contribution in [1.82, 2.24) is 15.0 Å². The molecule has 0 saturated carbocycles. The lowest BCUT2D eigenvalue weighted by molar-refractivity contribution is 0.00578. The van der Waals surface area contributed by atoms with Crippen molar-refractivity contribution < 1.29 is 18.6 Å². The van der Waals surface area contributed by atoms with E-state index in [1.165, 1.54) is 0 Å². The topological polar surface area (TPSA) is 75.6 Å². The van der Waals surface area contributed by atoms with Gasteiger partial charge in [0.1, 0.15) is 0 Å². The summed E-state index contributed by atoms with van der Waals surface area (Å²) in [7, 11) is -1.15. The molecule has 9 rings (SSSR count). The molecule has 0 aliphatic carbocycles. The number of hydrogen-bond donors (Lipinski definition) is 0. The van der Waals surface area contributed by atoms with Gasteiger partial charge in [-0.25, -0.2) is 15.0 Å². The third kappa shape index (κ3) is 6.86. The summed E-state index contributed by atoms with van der Waals surface area (Å²) in [5, 5.41) is 2.29. The Morgan fingerprint density at radius 1 is 0.379 bits per heavy atom. The maximum Gasteiger partial charge on any atom is 0.494 e. The molecule has 7 aromatic rings. The van der Waals surface area contributed by atoms with Crippen LogP contribution in [0.5, 0.6) is 0 Å². The Bertz CT molecular complexity index is 2500. The van der Waals surface area contributed by atoms with Crippen molar-refractivity contribution >= 4 is 35.9 Å². The molecular formula is C49H47B2N3O4. The van der Waals surface area contributed by atoms with Crippen molar-refractivity contribution in [2.75, 3.05) is 0 Å². The molecule has 2 aliphatic rings. The van der Waals surface area contributed by atoms with Crippen molar-refractivity contribution in [2.24, 2.45) is 0 Å². The average molecular weight is 764 g/mol. The molecule has 0 bridgehead atoms. The van der Waals surface area contributed by atoms with Crippen LogP contribution in [-0.4, -0.2) is 51.6 Å². The number of fused-ring (bicyclic) bond motifs is 1. The molecule has 0 N–H and O–H groups in total. The van der Waals surface area contributed by atoms with Crippen LogP contribution in [-0.2, 0) is 18.6 Å². The third-order valence-corrected chi connectivity index (χ3v) is 12.4. The maximum atomic E-state index is 6.63. The first kappa shape index (κ1) is 38.1. The second-order valence-corrected chi connectivity index (χ2v) is 17.4. The maximum absolute atomic E-state index is 6.63. The number of rotatable bonds is 7. The fourth-order valence-corrected chi connectivity index (χ4v) is 7.61. The van der Waals surface area contributed by atoms with Crippen LogP contribution in [0.1, 0.15) is 55.4 Å². The zero-order valence-electron chi connectivity index (χ0n) is 34.4. The number of benzene rings is 6. The van der Waals surface area contributed by atoms with Gasteiger partial charge in [-0.3, -0.25) is 0 Å². The van der Waals surface area contributed by atoms with E-state index >= 15 is 0 Å². The molecule has 0 amide bonds. The molecule has 1 aromatic heterocycles. The molecule has 288 valence electrons. The second kappa shape index (κ2) is 14.1. The van der Waals surface area contributed by atoms with Gasteiger partial charge >= 0.3 is 14.2 Å². The summed E-state index contributed by atoms with van der Waals surface area (Å²) in [6, 6.07) is 48.1. The van der Waals surface area contributed by atoms with Gasteiger partial charge in [-0.2, -0.15) is 0 Å². The van der Waals surface area contributed by atoms with Gasteiger partial charge in [0.15, 0.2) is 17.5 Å². The van der Waals surface area contributed by atoms with Crippen LogP contribution >= 0.6 is 0 Å². The largest absolute Gasteiger partial charge is 0.494 e. The summed E-state index contributed by atoms with van der Waals surface area (Å²) >= 11 is 0. The summed E-state index contributed by atoms with van der Waals surface area (Å²) in [4.78, 5) is 14.9. The predicted molar refractivity (Wildman–Crippen MR) is 236 cm³/mol. The highest BCUT2D eigenvalue weighted by atomic mass is 16.7. The molecular weight excluding hydrogens is 716 g/mol. The van der Waals surface area contributed by atoms with E-state index in [0.29, 0.717) is 17.5 Å². The lowest BCUT2D eigenvalue weighted by Gasteiger charge is -2.32. The van der Waals surface area contributed by atoms with Gasteiger partial charge in [-0.15, -0.1) is 0 Å². The lowest BCUT2D eigenvalue weighted by Crippen LogP contribution is -2.41. The van der Waals surface area contributed by atoms with E-state index in [1.807, 2.05) is 60.7 Å². The minimum absolute atomic E-state index is 0.504. The Labute approximate surface area is 342 Å². The zero-order valence-corrected chi connectivity index (χ0v) is 34.4. The lowest BCUT2D eigenvalue weighted by atomic mass is 9.70.